The predicted octanol–water partition coefficient (Wildman–Crippen LogP) is 5.46. The summed E-state index contributed by atoms with van der Waals surface area (Å²) in [6, 6.07) is 25.0. The van der Waals surface area contributed by atoms with E-state index < -0.39 is 6.10 Å². The molecule has 7 nitrogen and oxygen atoms in total. The van der Waals surface area contributed by atoms with E-state index in [9.17, 15) is 4.79 Å². The van der Waals surface area contributed by atoms with Gasteiger partial charge >= 0.3 is 0 Å². The average molecular weight is 475 g/mol. The number of hydrogen-bond acceptors (Lipinski definition) is 6. The summed E-state index contributed by atoms with van der Waals surface area (Å²) in [6.07, 6.45) is -0.417. The van der Waals surface area contributed by atoms with E-state index in [0.717, 1.165) is 16.9 Å². The number of methoxy groups -OCH3 is 1. The van der Waals surface area contributed by atoms with Gasteiger partial charge in [0.15, 0.2) is 28.6 Å². The normalized spacial score (nSPS) is 11.6. The molecule has 0 aliphatic carbocycles. The summed E-state index contributed by atoms with van der Waals surface area (Å²) in [4.78, 5) is 12.6. The van der Waals surface area contributed by atoms with Crippen molar-refractivity contribution in [2.75, 3.05) is 18.2 Å². The Morgan fingerprint density at radius 3 is 2.38 bits per heavy atom. The number of hydrogen-bond donors (Lipinski definition) is 1. The molecule has 1 unspecified atom stereocenters. The Morgan fingerprint density at radius 1 is 0.971 bits per heavy atom. The first-order chi connectivity index (χ1) is 16.6. The number of carbonyl (C=O) groups excluding carboxylic acids is 1. The van der Waals surface area contributed by atoms with Crippen LogP contribution in [0.25, 0.3) is 5.69 Å². The number of thioether (sulfide) groups is 1. The molecule has 1 N–H and O–H groups in total. The highest BCUT2D eigenvalue weighted by molar-refractivity contribution is 7.99. The minimum Gasteiger partial charge on any atom is -0.493 e. The van der Waals surface area contributed by atoms with Gasteiger partial charge in [0, 0.05) is 11.4 Å². The number of rotatable bonds is 9. The molecule has 0 saturated heterocycles. The van der Waals surface area contributed by atoms with Crippen LogP contribution in [0.3, 0.4) is 0 Å². The lowest BCUT2D eigenvalue weighted by Gasteiger charge is -2.18. The van der Waals surface area contributed by atoms with E-state index in [-0.39, 0.29) is 11.7 Å². The Labute approximate surface area is 203 Å². The van der Waals surface area contributed by atoms with E-state index in [0.29, 0.717) is 22.5 Å². The molecule has 34 heavy (non-hydrogen) atoms. The summed E-state index contributed by atoms with van der Waals surface area (Å²) in [5.41, 5.74) is 2.70. The zero-order valence-corrected chi connectivity index (χ0v) is 20.1. The lowest BCUT2D eigenvalue weighted by atomic mass is 10.2. The highest BCUT2D eigenvalue weighted by Gasteiger charge is 2.22. The van der Waals surface area contributed by atoms with Gasteiger partial charge < -0.3 is 14.8 Å². The van der Waals surface area contributed by atoms with Crippen LogP contribution in [-0.2, 0) is 4.79 Å². The first-order valence-corrected chi connectivity index (χ1v) is 11.8. The summed E-state index contributed by atoms with van der Waals surface area (Å²) >= 11 is 1.32. The number of carbonyl (C=O) groups is 1. The molecular weight excluding hydrogens is 448 g/mol. The highest BCUT2D eigenvalue weighted by Crippen LogP contribution is 2.32. The minimum absolute atomic E-state index is 0.109. The highest BCUT2D eigenvalue weighted by atomic mass is 32.2. The molecule has 0 aliphatic heterocycles. The second-order valence-corrected chi connectivity index (χ2v) is 8.52. The van der Waals surface area contributed by atoms with Crippen molar-refractivity contribution in [1.82, 2.24) is 14.8 Å². The van der Waals surface area contributed by atoms with Gasteiger partial charge in [-0.3, -0.25) is 9.36 Å². The lowest BCUT2D eigenvalue weighted by Crippen LogP contribution is -2.16. The number of aryl methyl sites for hydroxylation is 1. The fraction of sp³-hybridized carbons (Fsp3) is 0.192. The van der Waals surface area contributed by atoms with Crippen LogP contribution in [0.2, 0.25) is 0 Å². The van der Waals surface area contributed by atoms with Gasteiger partial charge in [-0.05, 0) is 49.7 Å². The molecule has 0 fully saturated rings. The lowest BCUT2D eigenvalue weighted by molar-refractivity contribution is -0.113. The first kappa shape index (κ1) is 23.4. The van der Waals surface area contributed by atoms with Gasteiger partial charge in [0.2, 0.25) is 5.91 Å². The van der Waals surface area contributed by atoms with Crippen LogP contribution >= 0.6 is 11.8 Å². The number of amides is 1. The van der Waals surface area contributed by atoms with Crippen LogP contribution in [0, 0.1) is 6.92 Å². The number of nitrogens with one attached hydrogen (secondary N) is 1. The number of aromatic nitrogens is 3. The number of para-hydroxylation sites is 4. The molecule has 4 rings (SSSR count). The maximum atomic E-state index is 12.6. The number of ether oxygens (including phenoxy) is 2. The van der Waals surface area contributed by atoms with Crippen molar-refractivity contribution in [3.8, 4) is 17.2 Å². The smallest absolute Gasteiger partial charge is 0.234 e. The summed E-state index contributed by atoms with van der Waals surface area (Å²) in [7, 11) is 1.61. The molecule has 1 amide bonds. The number of nitrogens with zero attached hydrogens (tertiary/aromatic N) is 3. The molecular formula is C26H26N4O3S. The molecule has 3 aromatic carbocycles. The third-order valence-corrected chi connectivity index (χ3v) is 6.09. The zero-order valence-electron chi connectivity index (χ0n) is 19.3. The molecule has 174 valence electrons. The van der Waals surface area contributed by atoms with Crippen LogP contribution < -0.4 is 14.8 Å². The Balaban J connectivity index is 1.56. The van der Waals surface area contributed by atoms with Crippen LogP contribution in [0.5, 0.6) is 11.5 Å². The summed E-state index contributed by atoms with van der Waals surface area (Å²) < 4.78 is 13.5. The molecule has 0 radical (unpaired) electrons. The van der Waals surface area contributed by atoms with Crippen LogP contribution in [0.4, 0.5) is 5.69 Å². The molecule has 0 saturated carbocycles. The van der Waals surface area contributed by atoms with Gasteiger partial charge in [-0.15, -0.1) is 10.2 Å². The van der Waals surface area contributed by atoms with Crippen molar-refractivity contribution < 1.29 is 14.3 Å². The van der Waals surface area contributed by atoms with E-state index in [1.165, 1.54) is 11.8 Å². The molecule has 1 aromatic heterocycles. The Hall–Kier alpha value is -3.78. The first-order valence-electron chi connectivity index (χ1n) is 10.9. The molecule has 8 heteroatoms. The molecule has 0 aliphatic rings. The van der Waals surface area contributed by atoms with Gasteiger partial charge in [0.25, 0.3) is 0 Å². The molecule has 0 spiro atoms. The summed E-state index contributed by atoms with van der Waals surface area (Å²) in [5, 5.41) is 12.4. The molecule has 0 bridgehead atoms. The fourth-order valence-electron chi connectivity index (χ4n) is 3.45. The van der Waals surface area contributed by atoms with Crippen molar-refractivity contribution in [1.29, 1.82) is 0 Å². The Morgan fingerprint density at radius 2 is 1.65 bits per heavy atom. The predicted molar refractivity (Wildman–Crippen MR) is 134 cm³/mol. The standard InChI is InChI=1S/C26H26N4O3S/c1-18-11-7-8-14-21(18)27-24(31)17-34-26-29-28-25(30(26)20-12-5-4-6-13-20)19(2)33-23-16-10-9-15-22(23)32-3/h4-16,19H,17H2,1-3H3,(H,27,31). The second kappa shape index (κ2) is 10.9. The van der Waals surface area contributed by atoms with Crippen LogP contribution in [0.1, 0.15) is 24.4 Å². The van der Waals surface area contributed by atoms with Gasteiger partial charge in [-0.25, -0.2) is 0 Å². The van der Waals surface area contributed by atoms with E-state index in [1.54, 1.807) is 7.11 Å². The minimum atomic E-state index is -0.417. The topological polar surface area (TPSA) is 78.3 Å². The van der Waals surface area contributed by atoms with Crippen molar-refractivity contribution in [3.63, 3.8) is 0 Å². The van der Waals surface area contributed by atoms with Crippen molar-refractivity contribution in [3.05, 3.63) is 90.3 Å². The van der Waals surface area contributed by atoms with Crippen molar-refractivity contribution >= 4 is 23.4 Å². The van der Waals surface area contributed by atoms with E-state index >= 15 is 0 Å². The van der Waals surface area contributed by atoms with Crippen LogP contribution in [0.15, 0.2) is 84.0 Å². The summed E-state index contributed by atoms with van der Waals surface area (Å²) in [6.45, 7) is 3.87. The average Bonchev–Trinajstić information content (AvgIpc) is 3.29. The number of benzene rings is 3. The Bertz CT molecular complexity index is 1260. The molecule has 4 aromatic rings. The molecule has 1 heterocycles. The maximum Gasteiger partial charge on any atom is 0.234 e. The van der Waals surface area contributed by atoms with Gasteiger partial charge in [0.1, 0.15) is 0 Å². The zero-order chi connectivity index (χ0) is 23.9. The van der Waals surface area contributed by atoms with Gasteiger partial charge in [0.05, 0.1) is 12.9 Å². The monoisotopic (exact) mass is 474 g/mol. The second-order valence-electron chi connectivity index (χ2n) is 7.57. The third kappa shape index (κ3) is 5.40. The van der Waals surface area contributed by atoms with E-state index in [4.69, 9.17) is 9.47 Å². The van der Waals surface area contributed by atoms with Crippen molar-refractivity contribution in [2.45, 2.75) is 25.1 Å². The molecule has 1 atom stereocenters. The quantitative estimate of drug-likeness (QED) is 0.325. The number of anilines is 1. The third-order valence-electron chi connectivity index (χ3n) is 5.16. The van der Waals surface area contributed by atoms with Crippen LogP contribution in [-0.4, -0.2) is 33.5 Å². The SMILES string of the molecule is COc1ccccc1OC(C)c1nnc(SCC(=O)Nc2ccccc2C)n1-c1ccccc1. The summed E-state index contributed by atoms with van der Waals surface area (Å²) in [5.74, 6) is 1.97. The Kier molecular flexibility index (Phi) is 7.49. The van der Waals surface area contributed by atoms with Crippen molar-refractivity contribution in [2.24, 2.45) is 0 Å². The fourth-order valence-corrected chi connectivity index (χ4v) is 4.21. The maximum absolute atomic E-state index is 12.6. The van der Waals surface area contributed by atoms with E-state index in [1.807, 2.05) is 97.3 Å². The van der Waals surface area contributed by atoms with Gasteiger partial charge in [-0.1, -0.05) is 60.3 Å². The van der Waals surface area contributed by atoms with Gasteiger partial charge in [-0.2, -0.15) is 0 Å². The van der Waals surface area contributed by atoms with E-state index in [2.05, 4.69) is 15.5 Å². The largest absolute Gasteiger partial charge is 0.493 e.